The lowest BCUT2D eigenvalue weighted by molar-refractivity contribution is -0.143. The van der Waals surface area contributed by atoms with Crippen LogP contribution >= 0.6 is 7.82 Å². The Morgan fingerprint density at radius 3 is 2.91 bits per heavy atom. The summed E-state index contributed by atoms with van der Waals surface area (Å²) in [4.78, 5) is 23.8. The number of phosphoric acid groups is 1. The Kier molecular flexibility index (Phi) is 6.56. The molecular weight excluding hydrogens is 464 g/mol. The Morgan fingerprint density at radius 1 is 1.39 bits per heavy atom. The maximum absolute atomic E-state index is 16.0. The monoisotopic (exact) mass is 489 g/mol. The van der Waals surface area contributed by atoms with Gasteiger partial charge in [-0.3, -0.25) is 22.9 Å². The van der Waals surface area contributed by atoms with E-state index in [4.69, 9.17) is 33.5 Å². The number of hydrogen-bond donors (Lipinski definition) is 1. The van der Waals surface area contributed by atoms with Gasteiger partial charge in [0.2, 0.25) is 11.8 Å². The molecule has 0 radical (unpaired) electrons. The molecular formula is C18H25FN5O8P. The van der Waals surface area contributed by atoms with E-state index >= 15 is 4.39 Å². The highest BCUT2D eigenvalue weighted by molar-refractivity contribution is 7.48. The molecule has 2 aromatic rings. The first-order valence-electron chi connectivity index (χ1n) is 10.4. The number of halogens is 1. The van der Waals surface area contributed by atoms with Gasteiger partial charge in [0, 0.05) is 0 Å². The zero-order valence-electron chi connectivity index (χ0n) is 18.3. The molecule has 0 saturated carbocycles. The summed E-state index contributed by atoms with van der Waals surface area (Å²) in [6.07, 6.45) is -2.25. The van der Waals surface area contributed by atoms with Gasteiger partial charge in [0.1, 0.15) is 12.2 Å². The van der Waals surface area contributed by atoms with Crippen molar-refractivity contribution >= 4 is 30.9 Å². The molecule has 2 saturated heterocycles. The van der Waals surface area contributed by atoms with Crippen LogP contribution in [0.4, 0.5) is 10.3 Å². The van der Waals surface area contributed by atoms with Gasteiger partial charge in [-0.25, -0.2) is 13.9 Å². The minimum absolute atomic E-state index is 0.0808. The summed E-state index contributed by atoms with van der Waals surface area (Å²) in [6.45, 7) is 4.69. The van der Waals surface area contributed by atoms with Crippen molar-refractivity contribution in [3.8, 4) is 5.88 Å². The molecule has 4 rings (SSSR count). The fourth-order valence-electron chi connectivity index (χ4n) is 3.70. The second-order valence-corrected chi connectivity index (χ2v) is 9.10. The summed E-state index contributed by atoms with van der Waals surface area (Å²) in [7, 11) is -4.13. The third-order valence-corrected chi connectivity index (χ3v) is 6.57. The highest BCUT2D eigenvalue weighted by Crippen LogP contribution is 2.59. The molecule has 0 spiro atoms. The van der Waals surface area contributed by atoms with E-state index in [1.165, 1.54) is 17.8 Å². The number of hydrogen-bond acceptors (Lipinski definition) is 12. The predicted octanol–water partition coefficient (Wildman–Crippen LogP) is 1.93. The van der Waals surface area contributed by atoms with Crippen molar-refractivity contribution in [1.82, 2.24) is 19.5 Å². The number of nitrogens with zero attached hydrogens (tertiary/aromatic N) is 4. The lowest BCUT2D eigenvalue weighted by atomic mass is 9.98. The van der Waals surface area contributed by atoms with Crippen molar-refractivity contribution in [2.24, 2.45) is 0 Å². The lowest BCUT2D eigenvalue weighted by Gasteiger charge is -2.33. The standard InChI is InChI=1S/C18H25FN5O8P/c1-4-27-11(25)6-7-29-33(26)30-8-10-13(32-33)18(3,19)16(31-10)24-9-21-12-14(24)22-17(20)23-15(12)28-5-2/h9-10,13,16H,4-8H2,1-3H3,(H2,20,22,23)/t10-,13-,16-,18-,33+/m1/s1. The molecule has 2 aromatic heterocycles. The number of nitrogen functional groups attached to an aromatic ring is 1. The van der Waals surface area contributed by atoms with Crippen molar-refractivity contribution in [3.05, 3.63) is 6.33 Å². The first-order valence-corrected chi connectivity index (χ1v) is 11.8. The molecule has 2 fully saturated rings. The van der Waals surface area contributed by atoms with Crippen LogP contribution in [0.2, 0.25) is 0 Å². The molecule has 4 heterocycles. The summed E-state index contributed by atoms with van der Waals surface area (Å²) in [5.41, 5.74) is 4.08. The number of rotatable bonds is 8. The number of carbonyl (C=O) groups is 1. The first-order chi connectivity index (χ1) is 15.7. The van der Waals surface area contributed by atoms with Gasteiger partial charge in [-0.1, -0.05) is 0 Å². The van der Waals surface area contributed by atoms with Gasteiger partial charge in [-0.15, -0.1) is 0 Å². The molecule has 0 aliphatic carbocycles. The Bertz CT molecular complexity index is 1080. The number of aromatic nitrogens is 4. The van der Waals surface area contributed by atoms with Gasteiger partial charge in [-0.2, -0.15) is 9.97 Å². The van der Waals surface area contributed by atoms with Crippen LogP contribution in [0.1, 0.15) is 33.4 Å². The molecule has 2 aliphatic rings. The van der Waals surface area contributed by atoms with Crippen LogP contribution in [0, 0.1) is 0 Å². The van der Waals surface area contributed by atoms with Crippen LogP contribution in [0.15, 0.2) is 6.33 Å². The number of carbonyl (C=O) groups excluding carboxylic acids is 1. The van der Waals surface area contributed by atoms with Crippen LogP contribution < -0.4 is 10.5 Å². The summed E-state index contributed by atoms with van der Waals surface area (Å²) in [5.74, 6) is -0.449. The molecule has 0 amide bonds. The number of anilines is 1. The summed E-state index contributed by atoms with van der Waals surface area (Å²) < 4.78 is 62.1. The van der Waals surface area contributed by atoms with E-state index in [0.29, 0.717) is 6.61 Å². The average Bonchev–Trinajstić information content (AvgIpc) is 3.26. The maximum Gasteiger partial charge on any atom is 0.475 e. The maximum atomic E-state index is 16.0. The Hall–Kier alpha value is -2.38. The van der Waals surface area contributed by atoms with Crippen LogP contribution in [0.5, 0.6) is 5.88 Å². The number of fused-ring (bicyclic) bond motifs is 2. The van der Waals surface area contributed by atoms with Crippen molar-refractivity contribution in [3.63, 3.8) is 0 Å². The highest BCUT2D eigenvalue weighted by atomic mass is 31.2. The molecule has 5 atom stereocenters. The minimum Gasteiger partial charge on any atom is -0.476 e. The van der Waals surface area contributed by atoms with E-state index in [-0.39, 0.29) is 49.2 Å². The van der Waals surface area contributed by atoms with Crippen molar-refractivity contribution < 1.29 is 41.5 Å². The molecule has 33 heavy (non-hydrogen) atoms. The highest BCUT2D eigenvalue weighted by Gasteiger charge is 2.61. The van der Waals surface area contributed by atoms with Crippen molar-refractivity contribution in [1.29, 1.82) is 0 Å². The zero-order chi connectivity index (χ0) is 23.8. The second kappa shape index (κ2) is 9.11. The van der Waals surface area contributed by atoms with Crippen LogP contribution in [-0.4, -0.2) is 69.8 Å². The summed E-state index contributed by atoms with van der Waals surface area (Å²) in [5, 5.41) is 0. The third kappa shape index (κ3) is 4.53. The SMILES string of the molecule is CCOC(=O)CCO[P@@]1(=O)OC[C@H]2O[C@@H](n3cnc4c(OCC)nc(N)nc43)[C@](C)(F)[C@@H]2O1. The molecule has 15 heteroatoms. The molecule has 13 nitrogen and oxygen atoms in total. The Labute approximate surface area is 188 Å². The van der Waals surface area contributed by atoms with E-state index in [2.05, 4.69) is 15.0 Å². The van der Waals surface area contributed by atoms with Gasteiger partial charge in [0.25, 0.3) is 0 Å². The number of ether oxygens (including phenoxy) is 3. The van der Waals surface area contributed by atoms with Gasteiger partial charge in [0.15, 0.2) is 23.1 Å². The van der Waals surface area contributed by atoms with Gasteiger partial charge < -0.3 is 19.9 Å². The van der Waals surface area contributed by atoms with E-state index in [0.717, 1.165) is 0 Å². The second-order valence-electron chi connectivity index (χ2n) is 7.48. The van der Waals surface area contributed by atoms with E-state index in [9.17, 15) is 9.36 Å². The topological polar surface area (TPSA) is 159 Å². The predicted molar refractivity (Wildman–Crippen MR) is 110 cm³/mol. The first kappa shape index (κ1) is 23.8. The largest absolute Gasteiger partial charge is 0.476 e. The van der Waals surface area contributed by atoms with Crippen molar-refractivity contribution in [2.45, 2.75) is 51.3 Å². The van der Waals surface area contributed by atoms with E-state index < -0.39 is 37.9 Å². The normalized spacial score (nSPS) is 31.5. The van der Waals surface area contributed by atoms with Gasteiger partial charge in [-0.05, 0) is 20.8 Å². The van der Waals surface area contributed by atoms with Gasteiger partial charge >= 0.3 is 13.8 Å². The molecule has 0 bridgehead atoms. The van der Waals surface area contributed by atoms with Crippen LogP contribution in [-0.2, 0) is 32.4 Å². The molecule has 182 valence electrons. The van der Waals surface area contributed by atoms with Gasteiger partial charge in [0.05, 0.1) is 39.2 Å². The molecule has 2 aliphatic heterocycles. The quantitative estimate of drug-likeness (QED) is 0.425. The summed E-state index contributed by atoms with van der Waals surface area (Å²) >= 11 is 0. The molecule has 0 unspecified atom stereocenters. The number of esters is 1. The third-order valence-electron chi connectivity index (χ3n) is 5.12. The smallest absolute Gasteiger partial charge is 0.475 e. The average molecular weight is 489 g/mol. The zero-order valence-corrected chi connectivity index (χ0v) is 19.2. The Balaban J connectivity index is 1.54. The number of alkyl halides is 1. The van der Waals surface area contributed by atoms with Crippen LogP contribution in [0.25, 0.3) is 11.2 Å². The fraction of sp³-hybridized carbons (Fsp3) is 0.667. The summed E-state index contributed by atoms with van der Waals surface area (Å²) in [6, 6.07) is 0. The number of imidazole rings is 1. The van der Waals surface area contributed by atoms with E-state index in [1.54, 1.807) is 13.8 Å². The van der Waals surface area contributed by atoms with Crippen molar-refractivity contribution in [2.75, 3.05) is 32.2 Å². The molecule has 2 N–H and O–H groups in total. The lowest BCUT2D eigenvalue weighted by Crippen LogP contribution is -2.44. The van der Waals surface area contributed by atoms with E-state index in [1.807, 2.05) is 0 Å². The Morgan fingerprint density at radius 2 is 2.18 bits per heavy atom. The minimum atomic E-state index is -4.13. The van der Waals surface area contributed by atoms with Crippen LogP contribution in [0.3, 0.4) is 0 Å². The number of nitrogens with two attached hydrogens (primary N) is 1. The number of phosphoric ester groups is 1. The molecule has 0 aromatic carbocycles. The fourth-order valence-corrected chi connectivity index (χ4v) is 5.16.